The second kappa shape index (κ2) is 9.56. The summed E-state index contributed by atoms with van der Waals surface area (Å²) in [4.78, 5) is 12.6. The predicted molar refractivity (Wildman–Crippen MR) is 108 cm³/mol. The van der Waals surface area contributed by atoms with Crippen LogP contribution in [0, 0.1) is 6.92 Å². The Morgan fingerprint density at radius 2 is 1.79 bits per heavy atom. The molecule has 150 valence electrons. The highest BCUT2D eigenvalue weighted by molar-refractivity contribution is 7.99. The summed E-state index contributed by atoms with van der Waals surface area (Å²) in [5.74, 6) is -0.460. The summed E-state index contributed by atoms with van der Waals surface area (Å²) in [5, 5.41) is 10.9. The topological polar surface area (TPSA) is 65.0 Å². The third-order valence-electron chi connectivity index (χ3n) is 4.61. The van der Waals surface area contributed by atoms with E-state index in [4.69, 9.17) is 14.2 Å². The van der Waals surface area contributed by atoms with Gasteiger partial charge in [0.25, 0.3) is 0 Å². The van der Waals surface area contributed by atoms with Gasteiger partial charge in [-0.15, -0.1) is 0 Å². The smallest absolute Gasteiger partial charge is 0.303 e. The van der Waals surface area contributed by atoms with Crippen molar-refractivity contribution in [2.45, 2.75) is 62.1 Å². The highest BCUT2D eigenvalue weighted by atomic mass is 32.2. The first-order chi connectivity index (χ1) is 13.4. The van der Waals surface area contributed by atoms with Gasteiger partial charge in [-0.1, -0.05) is 59.8 Å². The molecule has 3 rings (SSSR count). The summed E-state index contributed by atoms with van der Waals surface area (Å²) in [5.41, 5.74) is 1.64. The molecule has 1 heterocycles. The van der Waals surface area contributed by atoms with Crippen molar-refractivity contribution in [1.82, 2.24) is 0 Å². The third-order valence-corrected chi connectivity index (χ3v) is 5.77. The lowest BCUT2D eigenvalue weighted by Crippen LogP contribution is -2.57. The van der Waals surface area contributed by atoms with Gasteiger partial charge in [0, 0.05) is 11.8 Å². The van der Waals surface area contributed by atoms with Crippen LogP contribution < -0.4 is 0 Å². The quantitative estimate of drug-likeness (QED) is 0.743. The van der Waals surface area contributed by atoms with Gasteiger partial charge < -0.3 is 19.3 Å². The fourth-order valence-corrected chi connectivity index (χ4v) is 4.30. The van der Waals surface area contributed by atoms with E-state index >= 15 is 0 Å². The number of aliphatic hydroxyl groups excluding tert-OH is 1. The fourth-order valence-electron chi connectivity index (χ4n) is 3.16. The molecule has 0 spiro atoms. The minimum absolute atomic E-state index is 0.346. The lowest BCUT2D eigenvalue weighted by molar-refractivity contribution is -0.223. The Kier molecular flexibility index (Phi) is 7.13. The SMILES string of the molecule is CC(=O)O[C@@H]1[C@H](O)[C@@H](OCc2ccccc2)[C@H](C)O[C@H]1Sc1ccc(C)cc1. The zero-order valence-corrected chi connectivity index (χ0v) is 17.1. The van der Waals surface area contributed by atoms with E-state index < -0.39 is 29.7 Å². The van der Waals surface area contributed by atoms with E-state index in [0.29, 0.717) is 6.61 Å². The molecule has 6 heteroatoms. The first-order valence-electron chi connectivity index (χ1n) is 9.33. The standard InChI is InChI=1S/C22H26O5S/c1-14-9-11-18(12-10-14)28-22-21(27-16(3)23)19(24)20(15(2)26-22)25-13-17-7-5-4-6-8-17/h4-12,15,19-22,24H,13H2,1-3H3/t15-,19+,20-,21+,22-/m0/s1. The molecule has 1 aliphatic rings. The van der Waals surface area contributed by atoms with Crippen molar-refractivity contribution < 1.29 is 24.1 Å². The van der Waals surface area contributed by atoms with E-state index in [9.17, 15) is 9.90 Å². The van der Waals surface area contributed by atoms with Crippen molar-refractivity contribution >= 4 is 17.7 Å². The molecule has 0 bridgehead atoms. The van der Waals surface area contributed by atoms with E-state index in [-0.39, 0.29) is 6.10 Å². The van der Waals surface area contributed by atoms with Gasteiger partial charge in [-0.3, -0.25) is 4.79 Å². The number of carbonyl (C=O) groups excluding carboxylic acids is 1. The molecule has 0 radical (unpaired) electrons. The lowest BCUT2D eigenvalue weighted by Gasteiger charge is -2.42. The van der Waals surface area contributed by atoms with Crippen molar-refractivity contribution in [3.63, 3.8) is 0 Å². The summed E-state index contributed by atoms with van der Waals surface area (Å²) in [7, 11) is 0. The number of benzene rings is 2. The molecule has 1 saturated heterocycles. The Morgan fingerprint density at radius 1 is 1.11 bits per heavy atom. The van der Waals surface area contributed by atoms with E-state index in [2.05, 4.69) is 0 Å². The van der Waals surface area contributed by atoms with Crippen molar-refractivity contribution in [2.75, 3.05) is 0 Å². The molecule has 2 aromatic carbocycles. The number of esters is 1. The van der Waals surface area contributed by atoms with Crippen molar-refractivity contribution in [1.29, 1.82) is 0 Å². The van der Waals surface area contributed by atoms with Crippen LogP contribution in [0.3, 0.4) is 0 Å². The monoisotopic (exact) mass is 402 g/mol. The van der Waals surface area contributed by atoms with Crippen LogP contribution in [-0.2, 0) is 25.6 Å². The Labute approximate surface area is 170 Å². The number of carbonyl (C=O) groups is 1. The maximum atomic E-state index is 11.6. The largest absolute Gasteiger partial charge is 0.456 e. The van der Waals surface area contributed by atoms with Gasteiger partial charge in [0.1, 0.15) is 17.6 Å². The van der Waals surface area contributed by atoms with Crippen LogP contribution in [0.1, 0.15) is 25.0 Å². The molecule has 0 unspecified atom stereocenters. The average Bonchev–Trinajstić information content (AvgIpc) is 2.67. The molecule has 0 aromatic heterocycles. The minimum atomic E-state index is -0.987. The molecule has 0 saturated carbocycles. The minimum Gasteiger partial charge on any atom is -0.456 e. The maximum Gasteiger partial charge on any atom is 0.303 e. The van der Waals surface area contributed by atoms with Gasteiger partial charge in [-0.25, -0.2) is 0 Å². The number of thioether (sulfide) groups is 1. The molecule has 1 N–H and O–H groups in total. The van der Waals surface area contributed by atoms with Crippen LogP contribution in [0.4, 0.5) is 0 Å². The molecule has 1 fully saturated rings. The van der Waals surface area contributed by atoms with Gasteiger partial charge in [0.15, 0.2) is 6.10 Å². The molecule has 0 aliphatic carbocycles. The zero-order chi connectivity index (χ0) is 20.1. The summed E-state index contributed by atoms with van der Waals surface area (Å²) in [6, 6.07) is 17.7. The normalized spacial score (nSPS) is 27.4. The molecule has 28 heavy (non-hydrogen) atoms. The third kappa shape index (κ3) is 5.35. The van der Waals surface area contributed by atoms with Crippen LogP contribution >= 0.6 is 11.8 Å². The van der Waals surface area contributed by atoms with Gasteiger partial charge >= 0.3 is 5.97 Å². The van der Waals surface area contributed by atoms with Crippen LogP contribution in [-0.4, -0.2) is 40.9 Å². The lowest BCUT2D eigenvalue weighted by atomic mass is 10.0. The molecule has 2 aromatic rings. The molecular weight excluding hydrogens is 376 g/mol. The number of aliphatic hydroxyl groups is 1. The Balaban J connectivity index is 1.72. The van der Waals surface area contributed by atoms with Gasteiger partial charge in [0.2, 0.25) is 0 Å². The van der Waals surface area contributed by atoms with Crippen molar-refractivity contribution in [2.24, 2.45) is 0 Å². The number of hydrogen-bond donors (Lipinski definition) is 1. The van der Waals surface area contributed by atoms with Crippen molar-refractivity contribution in [3.05, 3.63) is 65.7 Å². The highest BCUT2D eigenvalue weighted by Crippen LogP contribution is 2.36. The van der Waals surface area contributed by atoms with E-state index in [1.165, 1.54) is 18.7 Å². The summed E-state index contributed by atoms with van der Waals surface area (Å²) >= 11 is 1.43. The second-order valence-corrected chi connectivity index (χ2v) is 8.14. The fraction of sp³-hybridized carbons (Fsp3) is 0.409. The highest BCUT2D eigenvalue weighted by Gasteiger charge is 2.46. The van der Waals surface area contributed by atoms with Gasteiger partial charge in [-0.2, -0.15) is 0 Å². The molecule has 1 aliphatic heterocycles. The first kappa shape index (κ1) is 20.9. The van der Waals surface area contributed by atoms with Crippen molar-refractivity contribution in [3.8, 4) is 0 Å². The molecule has 5 nitrogen and oxygen atoms in total. The van der Waals surface area contributed by atoms with Crippen LogP contribution in [0.2, 0.25) is 0 Å². The Bertz CT molecular complexity index is 764. The maximum absolute atomic E-state index is 11.6. The Morgan fingerprint density at radius 3 is 2.43 bits per heavy atom. The number of hydrogen-bond acceptors (Lipinski definition) is 6. The molecular formula is C22H26O5S. The number of aryl methyl sites for hydroxylation is 1. The summed E-state index contributed by atoms with van der Waals surface area (Å²) < 4.78 is 17.5. The van der Waals surface area contributed by atoms with E-state index in [1.54, 1.807) is 0 Å². The second-order valence-electron chi connectivity index (χ2n) is 6.97. The zero-order valence-electron chi connectivity index (χ0n) is 16.3. The van der Waals surface area contributed by atoms with Gasteiger partial charge in [0.05, 0.1) is 12.7 Å². The summed E-state index contributed by atoms with van der Waals surface area (Å²) in [6.07, 6.45) is -2.76. The number of ether oxygens (including phenoxy) is 3. The van der Waals surface area contributed by atoms with Crippen LogP contribution in [0.25, 0.3) is 0 Å². The average molecular weight is 403 g/mol. The Hall–Kier alpha value is -1.86. The van der Waals surface area contributed by atoms with E-state index in [0.717, 1.165) is 16.0 Å². The predicted octanol–water partition coefficient (Wildman–Crippen LogP) is 3.71. The molecule has 0 amide bonds. The van der Waals surface area contributed by atoms with E-state index in [1.807, 2.05) is 68.4 Å². The van der Waals surface area contributed by atoms with Crippen LogP contribution in [0.5, 0.6) is 0 Å². The molecule has 5 atom stereocenters. The summed E-state index contributed by atoms with van der Waals surface area (Å²) in [6.45, 7) is 5.57. The number of rotatable bonds is 6. The first-order valence-corrected chi connectivity index (χ1v) is 10.2. The van der Waals surface area contributed by atoms with Gasteiger partial charge in [-0.05, 0) is 31.5 Å². The van der Waals surface area contributed by atoms with Crippen LogP contribution in [0.15, 0.2) is 59.5 Å².